The predicted octanol–water partition coefficient (Wildman–Crippen LogP) is 1.48. The van der Waals surface area contributed by atoms with Gasteiger partial charge in [0.05, 0.1) is 18.9 Å². The lowest BCUT2D eigenvalue weighted by atomic mass is 9.75. The van der Waals surface area contributed by atoms with Gasteiger partial charge in [-0.2, -0.15) is 0 Å². The zero-order chi connectivity index (χ0) is 13.0. The minimum absolute atomic E-state index is 0.106. The van der Waals surface area contributed by atoms with Gasteiger partial charge in [-0.3, -0.25) is 4.39 Å². The number of hydrogen-bond donors (Lipinski definition) is 3. The number of nitrogens with one attached hydrogen (secondary N) is 1. The topological polar surface area (TPSA) is 52.5 Å². The van der Waals surface area contributed by atoms with Crippen LogP contribution in [0.25, 0.3) is 0 Å². The van der Waals surface area contributed by atoms with Gasteiger partial charge >= 0.3 is 0 Å². The first kappa shape index (κ1) is 14.2. The van der Waals surface area contributed by atoms with Crippen molar-refractivity contribution in [3.63, 3.8) is 0 Å². The molecule has 0 amide bonds. The standard InChI is InChI=1S/C14H26FNO2/c15-7-11(6-10-4-2-1-3-5-10)12-8-16-9-13(17)14(12)18/h10-14,16-18H,1-9H2/t11?,12-,13-,14-/m1/s1. The molecule has 1 aliphatic heterocycles. The number of halogens is 1. The average molecular weight is 259 g/mol. The van der Waals surface area contributed by atoms with Crippen molar-refractivity contribution in [3.8, 4) is 0 Å². The average Bonchev–Trinajstić information content (AvgIpc) is 2.41. The Hall–Kier alpha value is -0.190. The molecule has 1 saturated heterocycles. The Morgan fingerprint density at radius 2 is 1.83 bits per heavy atom. The fourth-order valence-electron chi connectivity index (χ4n) is 3.57. The van der Waals surface area contributed by atoms with E-state index < -0.39 is 12.2 Å². The summed E-state index contributed by atoms with van der Waals surface area (Å²) in [4.78, 5) is 0. The van der Waals surface area contributed by atoms with E-state index in [4.69, 9.17) is 0 Å². The van der Waals surface area contributed by atoms with Gasteiger partial charge in [-0.1, -0.05) is 32.1 Å². The Bertz CT molecular complexity index is 246. The van der Waals surface area contributed by atoms with E-state index in [1.54, 1.807) is 0 Å². The van der Waals surface area contributed by atoms with Crippen LogP contribution in [-0.4, -0.2) is 42.2 Å². The summed E-state index contributed by atoms with van der Waals surface area (Å²) in [6, 6.07) is 0. The van der Waals surface area contributed by atoms with Crippen LogP contribution in [-0.2, 0) is 0 Å². The van der Waals surface area contributed by atoms with E-state index in [1.165, 1.54) is 32.1 Å². The molecule has 0 aromatic carbocycles. The Morgan fingerprint density at radius 3 is 2.50 bits per heavy atom. The van der Waals surface area contributed by atoms with Crippen LogP contribution in [0.15, 0.2) is 0 Å². The maximum absolute atomic E-state index is 13.3. The number of aliphatic hydroxyl groups excluding tert-OH is 2. The van der Waals surface area contributed by atoms with Crippen LogP contribution in [0.3, 0.4) is 0 Å². The summed E-state index contributed by atoms with van der Waals surface area (Å²) in [5.74, 6) is 0.372. The molecule has 2 aliphatic rings. The third kappa shape index (κ3) is 3.43. The summed E-state index contributed by atoms with van der Waals surface area (Å²) < 4.78 is 13.3. The number of rotatable bonds is 4. The largest absolute Gasteiger partial charge is 0.390 e. The van der Waals surface area contributed by atoms with Crippen molar-refractivity contribution in [3.05, 3.63) is 0 Å². The van der Waals surface area contributed by atoms with Crippen molar-refractivity contribution < 1.29 is 14.6 Å². The zero-order valence-electron chi connectivity index (χ0n) is 11.0. The van der Waals surface area contributed by atoms with Gasteiger partial charge in [-0.05, 0) is 18.3 Å². The van der Waals surface area contributed by atoms with E-state index in [0.717, 1.165) is 6.42 Å². The third-order valence-corrected chi connectivity index (χ3v) is 4.73. The lowest BCUT2D eigenvalue weighted by molar-refractivity contribution is -0.0586. The van der Waals surface area contributed by atoms with Crippen LogP contribution in [0.4, 0.5) is 4.39 Å². The highest BCUT2D eigenvalue weighted by Gasteiger charge is 2.36. The summed E-state index contributed by atoms with van der Waals surface area (Å²) in [5.41, 5.74) is 0. The number of alkyl halides is 1. The summed E-state index contributed by atoms with van der Waals surface area (Å²) in [6.07, 6.45) is 5.59. The van der Waals surface area contributed by atoms with Crippen LogP contribution in [0.5, 0.6) is 0 Å². The number of aliphatic hydroxyl groups is 2. The minimum atomic E-state index is -0.768. The van der Waals surface area contributed by atoms with Gasteiger partial charge in [0.25, 0.3) is 0 Å². The lowest BCUT2D eigenvalue weighted by Gasteiger charge is -2.38. The molecule has 0 aromatic heterocycles. The first-order valence-electron chi connectivity index (χ1n) is 7.35. The van der Waals surface area contributed by atoms with Gasteiger partial charge in [-0.15, -0.1) is 0 Å². The number of β-amino-alcohol motifs (C(OH)–C–C–N with tert-alkyl or cyclic N) is 1. The van der Waals surface area contributed by atoms with Crippen LogP contribution >= 0.6 is 0 Å². The van der Waals surface area contributed by atoms with Gasteiger partial charge in [0.2, 0.25) is 0 Å². The molecular formula is C14H26FNO2. The predicted molar refractivity (Wildman–Crippen MR) is 69.0 cm³/mol. The molecule has 3 nitrogen and oxygen atoms in total. The Kier molecular flexibility index (Phi) is 5.39. The van der Waals surface area contributed by atoms with Gasteiger partial charge in [0.1, 0.15) is 0 Å². The highest BCUT2D eigenvalue weighted by molar-refractivity contribution is 4.89. The summed E-state index contributed by atoms with van der Waals surface area (Å²) >= 11 is 0. The van der Waals surface area contributed by atoms with Crippen molar-refractivity contribution in [2.24, 2.45) is 17.8 Å². The molecule has 4 atom stereocenters. The second-order valence-electron chi connectivity index (χ2n) is 6.03. The van der Waals surface area contributed by atoms with Crippen LogP contribution < -0.4 is 5.32 Å². The first-order valence-corrected chi connectivity index (χ1v) is 7.35. The van der Waals surface area contributed by atoms with Crippen LogP contribution in [0, 0.1) is 17.8 Å². The monoisotopic (exact) mass is 259 g/mol. The molecule has 1 unspecified atom stereocenters. The molecule has 1 saturated carbocycles. The van der Waals surface area contributed by atoms with Crippen LogP contribution in [0.1, 0.15) is 38.5 Å². The first-order chi connectivity index (χ1) is 8.72. The maximum Gasteiger partial charge on any atom is 0.0926 e. The van der Waals surface area contributed by atoms with Gasteiger partial charge in [0, 0.05) is 19.0 Å². The summed E-state index contributed by atoms with van der Waals surface area (Å²) in [7, 11) is 0. The van der Waals surface area contributed by atoms with Gasteiger partial charge in [-0.25, -0.2) is 0 Å². The summed E-state index contributed by atoms with van der Waals surface area (Å²) in [6.45, 7) is 0.659. The SMILES string of the molecule is O[C@H]1[C@H](O)CNC[C@@H]1C(CF)CC1CCCCC1. The van der Waals surface area contributed by atoms with Crippen LogP contribution in [0.2, 0.25) is 0 Å². The van der Waals surface area contributed by atoms with E-state index in [2.05, 4.69) is 5.32 Å². The molecule has 3 N–H and O–H groups in total. The highest BCUT2D eigenvalue weighted by atomic mass is 19.1. The number of hydrogen-bond acceptors (Lipinski definition) is 3. The molecule has 0 bridgehead atoms. The van der Waals surface area contributed by atoms with Gasteiger partial charge in [0.15, 0.2) is 0 Å². The molecule has 0 spiro atoms. The molecule has 106 valence electrons. The van der Waals surface area contributed by atoms with E-state index >= 15 is 0 Å². The van der Waals surface area contributed by atoms with E-state index in [0.29, 0.717) is 19.0 Å². The molecular weight excluding hydrogens is 233 g/mol. The molecule has 1 heterocycles. The molecule has 0 radical (unpaired) electrons. The second kappa shape index (κ2) is 6.83. The third-order valence-electron chi connectivity index (χ3n) is 4.73. The Balaban J connectivity index is 1.90. The second-order valence-corrected chi connectivity index (χ2v) is 6.03. The zero-order valence-corrected chi connectivity index (χ0v) is 11.0. The van der Waals surface area contributed by atoms with E-state index in [1.807, 2.05) is 0 Å². The van der Waals surface area contributed by atoms with Crippen molar-refractivity contribution >= 4 is 0 Å². The Morgan fingerprint density at radius 1 is 1.11 bits per heavy atom. The lowest BCUT2D eigenvalue weighted by Crippen LogP contribution is -2.53. The quantitative estimate of drug-likeness (QED) is 0.717. The van der Waals surface area contributed by atoms with Gasteiger partial charge < -0.3 is 15.5 Å². The maximum atomic E-state index is 13.3. The van der Waals surface area contributed by atoms with Crippen molar-refractivity contribution in [2.45, 2.75) is 50.7 Å². The molecule has 0 aromatic rings. The summed E-state index contributed by atoms with van der Waals surface area (Å²) in [5, 5.41) is 22.8. The van der Waals surface area contributed by atoms with Crippen molar-refractivity contribution in [2.75, 3.05) is 19.8 Å². The van der Waals surface area contributed by atoms with Crippen molar-refractivity contribution in [1.29, 1.82) is 0 Å². The molecule has 18 heavy (non-hydrogen) atoms. The van der Waals surface area contributed by atoms with E-state index in [9.17, 15) is 14.6 Å². The normalized spacial score (nSPS) is 36.5. The smallest absolute Gasteiger partial charge is 0.0926 e. The Labute approximate surface area is 109 Å². The molecule has 1 aliphatic carbocycles. The highest BCUT2D eigenvalue weighted by Crippen LogP contribution is 2.33. The fraction of sp³-hybridized carbons (Fsp3) is 1.00. The number of piperidine rings is 1. The fourth-order valence-corrected chi connectivity index (χ4v) is 3.57. The van der Waals surface area contributed by atoms with E-state index in [-0.39, 0.29) is 18.5 Å². The van der Waals surface area contributed by atoms with Crippen molar-refractivity contribution in [1.82, 2.24) is 5.32 Å². The molecule has 4 heteroatoms. The molecule has 2 rings (SSSR count). The molecule has 2 fully saturated rings. The minimum Gasteiger partial charge on any atom is -0.390 e.